The molecule has 0 radical (unpaired) electrons. The van der Waals surface area contributed by atoms with Gasteiger partial charge in [0.2, 0.25) is 0 Å². The van der Waals surface area contributed by atoms with Crippen molar-refractivity contribution in [1.82, 2.24) is 9.88 Å². The Hall–Kier alpha value is -1.62. The Labute approximate surface area is 88.0 Å². The molecular weight excluding hydrogens is 196 g/mol. The maximum Gasteiger partial charge on any atom is 0.317 e. The summed E-state index contributed by atoms with van der Waals surface area (Å²) in [6.07, 6.45) is 3.02. The monoisotopic (exact) mass is 210 g/mol. The number of aliphatic carboxylic acids is 1. The molecule has 0 saturated heterocycles. The zero-order valence-electron chi connectivity index (χ0n) is 8.64. The van der Waals surface area contributed by atoms with Crippen molar-refractivity contribution in [3.63, 3.8) is 0 Å². The molecule has 0 aliphatic rings. The number of rotatable bonds is 6. The normalized spacial score (nSPS) is 10.5. The summed E-state index contributed by atoms with van der Waals surface area (Å²) < 4.78 is 5.04. The van der Waals surface area contributed by atoms with Crippen LogP contribution in [-0.4, -0.2) is 34.0 Å². The van der Waals surface area contributed by atoms with Crippen LogP contribution in [-0.2, 0) is 11.3 Å². The molecule has 0 aromatic carbocycles. The second-order valence-corrected chi connectivity index (χ2v) is 3.21. The van der Waals surface area contributed by atoms with Crippen molar-refractivity contribution >= 4 is 5.97 Å². The highest BCUT2D eigenvalue weighted by Gasteiger charge is 2.12. The van der Waals surface area contributed by atoms with E-state index >= 15 is 0 Å². The lowest BCUT2D eigenvalue weighted by atomic mass is 10.3. The molecule has 5 nitrogen and oxygen atoms in total. The molecule has 0 aliphatic carbocycles. The fourth-order valence-corrected chi connectivity index (χ4v) is 1.25. The number of oxazole rings is 1. The van der Waals surface area contributed by atoms with Crippen LogP contribution in [0.25, 0.3) is 0 Å². The van der Waals surface area contributed by atoms with Gasteiger partial charge in [-0.05, 0) is 6.92 Å². The van der Waals surface area contributed by atoms with E-state index in [4.69, 9.17) is 9.52 Å². The average molecular weight is 210 g/mol. The number of aromatic nitrogens is 1. The zero-order valence-corrected chi connectivity index (χ0v) is 8.64. The quantitative estimate of drug-likeness (QED) is 0.711. The fraction of sp³-hybridized carbons (Fsp3) is 0.400. The van der Waals surface area contributed by atoms with E-state index in [1.54, 1.807) is 17.9 Å². The van der Waals surface area contributed by atoms with Crippen LogP contribution in [0.1, 0.15) is 11.5 Å². The Morgan fingerprint density at radius 1 is 1.80 bits per heavy atom. The van der Waals surface area contributed by atoms with E-state index < -0.39 is 5.97 Å². The second kappa shape index (κ2) is 5.31. The van der Waals surface area contributed by atoms with Gasteiger partial charge >= 0.3 is 5.97 Å². The van der Waals surface area contributed by atoms with Crippen LogP contribution in [0.5, 0.6) is 0 Å². The Morgan fingerprint density at radius 2 is 2.53 bits per heavy atom. The van der Waals surface area contributed by atoms with E-state index in [1.165, 1.54) is 6.39 Å². The fourth-order valence-electron chi connectivity index (χ4n) is 1.25. The predicted molar refractivity (Wildman–Crippen MR) is 54.3 cm³/mol. The topological polar surface area (TPSA) is 66.6 Å². The smallest absolute Gasteiger partial charge is 0.317 e. The Bertz CT molecular complexity index is 346. The minimum absolute atomic E-state index is 0.0294. The molecule has 15 heavy (non-hydrogen) atoms. The minimum Gasteiger partial charge on any atom is -0.480 e. The third kappa shape index (κ3) is 3.55. The zero-order chi connectivity index (χ0) is 11.3. The molecule has 82 valence electrons. The largest absolute Gasteiger partial charge is 0.480 e. The van der Waals surface area contributed by atoms with Crippen molar-refractivity contribution < 1.29 is 14.3 Å². The van der Waals surface area contributed by atoms with Gasteiger partial charge in [-0.2, -0.15) is 0 Å². The summed E-state index contributed by atoms with van der Waals surface area (Å²) in [6.45, 7) is 6.32. The van der Waals surface area contributed by atoms with E-state index in [2.05, 4.69) is 11.6 Å². The average Bonchev–Trinajstić information content (AvgIpc) is 2.51. The molecule has 1 aromatic rings. The second-order valence-electron chi connectivity index (χ2n) is 3.21. The van der Waals surface area contributed by atoms with Gasteiger partial charge in [0.25, 0.3) is 0 Å². The van der Waals surface area contributed by atoms with Crippen LogP contribution in [0.3, 0.4) is 0 Å². The molecule has 0 unspecified atom stereocenters. The molecule has 0 saturated carbocycles. The molecular formula is C10H14N2O3. The molecule has 5 heteroatoms. The molecule has 0 aliphatic heterocycles. The maximum atomic E-state index is 10.6. The van der Waals surface area contributed by atoms with Crippen LogP contribution in [0, 0.1) is 6.92 Å². The van der Waals surface area contributed by atoms with E-state index in [9.17, 15) is 4.79 Å². The van der Waals surface area contributed by atoms with E-state index in [1.807, 2.05) is 0 Å². The van der Waals surface area contributed by atoms with Gasteiger partial charge in [0.05, 0.1) is 12.2 Å². The standard InChI is InChI=1S/C10H14N2O3/c1-3-4-12(6-10(13)14)5-9-8(2)15-7-11-9/h3,7H,1,4-6H2,2H3,(H,13,14). The molecule has 1 N–H and O–H groups in total. The van der Waals surface area contributed by atoms with Crippen LogP contribution in [0.2, 0.25) is 0 Å². The van der Waals surface area contributed by atoms with Crippen molar-refractivity contribution in [3.05, 3.63) is 30.5 Å². The number of hydrogen-bond donors (Lipinski definition) is 1. The maximum absolute atomic E-state index is 10.6. The predicted octanol–water partition coefficient (Wildman–Crippen LogP) is 1.06. The van der Waals surface area contributed by atoms with Gasteiger partial charge in [-0.15, -0.1) is 6.58 Å². The summed E-state index contributed by atoms with van der Waals surface area (Å²) in [7, 11) is 0. The van der Waals surface area contributed by atoms with E-state index in [0.717, 1.165) is 11.5 Å². The van der Waals surface area contributed by atoms with E-state index in [-0.39, 0.29) is 6.54 Å². The molecule has 0 amide bonds. The summed E-state index contributed by atoms with van der Waals surface area (Å²) in [5.41, 5.74) is 0.762. The molecule has 0 spiro atoms. The molecule has 0 fully saturated rings. The molecule has 1 heterocycles. The number of nitrogens with zero attached hydrogens (tertiary/aromatic N) is 2. The summed E-state index contributed by atoms with van der Waals surface area (Å²) in [4.78, 5) is 16.3. The number of carbonyl (C=O) groups is 1. The number of carboxylic acids is 1. The number of hydrogen-bond acceptors (Lipinski definition) is 4. The Kier molecular flexibility index (Phi) is 4.05. The van der Waals surface area contributed by atoms with Gasteiger partial charge < -0.3 is 9.52 Å². The lowest BCUT2D eigenvalue weighted by Crippen LogP contribution is -2.29. The van der Waals surface area contributed by atoms with Crippen LogP contribution < -0.4 is 0 Å². The first-order valence-corrected chi connectivity index (χ1v) is 4.57. The Morgan fingerprint density at radius 3 is 3.00 bits per heavy atom. The van der Waals surface area contributed by atoms with Gasteiger partial charge in [-0.1, -0.05) is 6.08 Å². The van der Waals surface area contributed by atoms with E-state index in [0.29, 0.717) is 13.1 Å². The lowest BCUT2D eigenvalue weighted by Gasteiger charge is -2.16. The van der Waals surface area contributed by atoms with Gasteiger partial charge in [0.15, 0.2) is 6.39 Å². The summed E-state index contributed by atoms with van der Waals surface area (Å²) in [5, 5.41) is 8.69. The number of carboxylic acid groups (broad SMARTS) is 1. The highest BCUT2D eigenvalue weighted by atomic mass is 16.4. The Balaban J connectivity index is 2.61. The molecule has 1 aromatic heterocycles. The first-order chi connectivity index (χ1) is 7.13. The van der Waals surface area contributed by atoms with Gasteiger partial charge in [0.1, 0.15) is 5.76 Å². The first kappa shape index (κ1) is 11.5. The minimum atomic E-state index is -0.863. The van der Waals surface area contributed by atoms with Crippen molar-refractivity contribution in [1.29, 1.82) is 0 Å². The van der Waals surface area contributed by atoms with Crippen LogP contribution >= 0.6 is 0 Å². The van der Waals surface area contributed by atoms with Gasteiger partial charge in [-0.25, -0.2) is 4.98 Å². The third-order valence-electron chi connectivity index (χ3n) is 1.96. The van der Waals surface area contributed by atoms with Crippen LogP contribution in [0.4, 0.5) is 0 Å². The third-order valence-corrected chi connectivity index (χ3v) is 1.96. The summed E-state index contributed by atoms with van der Waals surface area (Å²) in [5.74, 6) is -0.146. The molecule has 0 bridgehead atoms. The first-order valence-electron chi connectivity index (χ1n) is 4.57. The number of aryl methyl sites for hydroxylation is 1. The lowest BCUT2D eigenvalue weighted by molar-refractivity contribution is -0.138. The summed E-state index contributed by atoms with van der Waals surface area (Å²) in [6, 6.07) is 0. The highest BCUT2D eigenvalue weighted by molar-refractivity contribution is 5.69. The summed E-state index contributed by atoms with van der Waals surface area (Å²) >= 11 is 0. The van der Waals surface area contributed by atoms with Crippen molar-refractivity contribution in [2.75, 3.05) is 13.1 Å². The molecule has 1 rings (SSSR count). The van der Waals surface area contributed by atoms with Gasteiger partial charge in [-0.3, -0.25) is 9.69 Å². The van der Waals surface area contributed by atoms with Gasteiger partial charge in [0, 0.05) is 13.1 Å². The molecule has 0 atom stereocenters. The van der Waals surface area contributed by atoms with Crippen molar-refractivity contribution in [2.24, 2.45) is 0 Å². The SMILES string of the molecule is C=CCN(CC(=O)O)Cc1ncoc1C. The highest BCUT2D eigenvalue weighted by Crippen LogP contribution is 2.07. The van der Waals surface area contributed by atoms with Crippen molar-refractivity contribution in [2.45, 2.75) is 13.5 Å². The van der Waals surface area contributed by atoms with Crippen molar-refractivity contribution in [3.8, 4) is 0 Å². The van der Waals surface area contributed by atoms with Crippen LogP contribution in [0.15, 0.2) is 23.5 Å².